The molecular weight excluding hydrogens is 343 g/mol. The van der Waals surface area contributed by atoms with Gasteiger partial charge in [0.1, 0.15) is 6.04 Å². The number of amides is 3. The van der Waals surface area contributed by atoms with Gasteiger partial charge in [-0.2, -0.15) is 13.2 Å². The van der Waals surface area contributed by atoms with Crippen LogP contribution in [-0.4, -0.2) is 47.2 Å². The normalized spacial score (nSPS) is 17.6. The molecule has 9 heteroatoms. The summed E-state index contributed by atoms with van der Waals surface area (Å²) < 4.78 is 36.1. The Labute approximate surface area is 142 Å². The zero-order valence-corrected chi connectivity index (χ0v) is 13.6. The summed E-state index contributed by atoms with van der Waals surface area (Å²) in [5.41, 5.74) is -3.67. The van der Waals surface area contributed by atoms with Gasteiger partial charge in [0.05, 0.1) is 0 Å². The lowest BCUT2D eigenvalue weighted by atomic mass is 10.2. The van der Waals surface area contributed by atoms with Crippen molar-refractivity contribution in [1.82, 2.24) is 10.2 Å². The van der Waals surface area contributed by atoms with E-state index in [0.29, 0.717) is 25.1 Å². The van der Waals surface area contributed by atoms with Crippen LogP contribution in [0.3, 0.4) is 0 Å². The zero-order valence-electron chi connectivity index (χ0n) is 12.8. The molecule has 0 aliphatic carbocycles. The molecule has 3 amide bonds. The SMILES string of the molecule is O=C(Nc1ccccc1)C1CCCN1C(=O)NCCSC(F)(F)F. The number of rotatable bonds is 5. The number of likely N-dealkylation sites (tertiary alicyclic amines) is 1. The lowest BCUT2D eigenvalue weighted by molar-refractivity contribution is -0.119. The summed E-state index contributed by atoms with van der Waals surface area (Å²) in [6, 6.07) is 7.75. The Morgan fingerprint density at radius 1 is 1.25 bits per heavy atom. The fourth-order valence-corrected chi connectivity index (χ4v) is 2.89. The van der Waals surface area contributed by atoms with E-state index in [1.54, 1.807) is 24.3 Å². The number of halogens is 3. The third-order valence-corrected chi connectivity index (χ3v) is 4.24. The first-order valence-electron chi connectivity index (χ1n) is 7.48. The number of hydrogen-bond donors (Lipinski definition) is 2. The average Bonchev–Trinajstić information content (AvgIpc) is 3.01. The Morgan fingerprint density at radius 2 is 1.96 bits per heavy atom. The summed E-state index contributed by atoms with van der Waals surface area (Å²) in [5, 5.41) is 5.17. The van der Waals surface area contributed by atoms with Crippen LogP contribution in [-0.2, 0) is 4.79 Å². The number of thioether (sulfide) groups is 1. The van der Waals surface area contributed by atoms with Crippen molar-refractivity contribution in [3.8, 4) is 0 Å². The molecule has 1 unspecified atom stereocenters. The van der Waals surface area contributed by atoms with Gasteiger partial charge in [-0.3, -0.25) is 4.79 Å². The Balaban J connectivity index is 1.83. The molecule has 0 radical (unpaired) electrons. The minimum absolute atomic E-state index is 0.105. The number of nitrogens with one attached hydrogen (secondary N) is 2. The Bertz CT molecular complexity index is 569. The van der Waals surface area contributed by atoms with Gasteiger partial charge in [0.15, 0.2) is 0 Å². The van der Waals surface area contributed by atoms with Crippen LogP contribution in [0.15, 0.2) is 30.3 Å². The number of benzene rings is 1. The lowest BCUT2D eigenvalue weighted by Crippen LogP contribution is -2.48. The van der Waals surface area contributed by atoms with Crippen molar-refractivity contribution in [2.24, 2.45) is 0 Å². The molecule has 1 aliphatic heterocycles. The molecule has 0 aromatic heterocycles. The fourth-order valence-electron chi connectivity index (χ4n) is 2.46. The molecule has 1 aromatic carbocycles. The predicted octanol–water partition coefficient (Wildman–Crippen LogP) is 3.05. The minimum atomic E-state index is -4.31. The van der Waals surface area contributed by atoms with Crippen LogP contribution in [0.25, 0.3) is 0 Å². The number of alkyl halides is 3. The van der Waals surface area contributed by atoms with Crippen molar-refractivity contribution >= 4 is 29.4 Å². The van der Waals surface area contributed by atoms with Gasteiger partial charge in [-0.05, 0) is 36.7 Å². The first-order chi connectivity index (χ1) is 11.4. The standard InChI is InChI=1S/C15H18F3N3O2S/c16-15(17,18)24-10-8-19-14(23)21-9-4-7-12(21)13(22)20-11-5-2-1-3-6-11/h1-3,5-6,12H,4,7-10H2,(H,19,23)(H,20,22). The lowest BCUT2D eigenvalue weighted by Gasteiger charge is -2.24. The number of para-hydroxylation sites is 1. The van der Waals surface area contributed by atoms with Crippen LogP contribution < -0.4 is 10.6 Å². The topological polar surface area (TPSA) is 61.4 Å². The summed E-state index contributed by atoms with van der Waals surface area (Å²) >= 11 is -0.186. The van der Waals surface area contributed by atoms with Crippen molar-refractivity contribution in [2.75, 3.05) is 24.2 Å². The number of anilines is 1. The van der Waals surface area contributed by atoms with Crippen molar-refractivity contribution in [1.29, 1.82) is 0 Å². The molecule has 0 bridgehead atoms. The number of carbonyl (C=O) groups excluding carboxylic acids is 2. The average molecular weight is 361 g/mol. The molecule has 1 fully saturated rings. The number of hydrogen-bond acceptors (Lipinski definition) is 3. The van der Waals surface area contributed by atoms with Crippen LogP contribution in [0.5, 0.6) is 0 Å². The molecule has 1 heterocycles. The van der Waals surface area contributed by atoms with E-state index in [1.165, 1.54) is 4.90 Å². The first kappa shape index (κ1) is 18.4. The largest absolute Gasteiger partial charge is 0.441 e. The smallest absolute Gasteiger partial charge is 0.337 e. The van der Waals surface area contributed by atoms with Crippen LogP contribution in [0.2, 0.25) is 0 Å². The first-order valence-corrected chi connectivity index (χ1v) is 8.46. The quantitative estimate of drug-likeness (QED) is 0.793. The monoisotopic (exact) mass is 361 g/mol. The molecule has 5 nitrogen and oxygen atoms in total. The molecule has 0 saturated carbocycles. The predicted molar refractivity (Wildman–Crippen MR) is 86.7 cm³/mol. The minimum Gasteiger partial charge on any atom is -0.337 e. The number of carbonyl (C=O) groups is 2. The molecular formula is C15H18F3N3O2S. The van der Waals surface area contributed by atoms with E-state index in [0.717, 1.165) is 0 Å². The summed E-state index contributed by atoms with van der Waals surface area (Å²) in [7, 11) is 0. The van der Waals surface area contributed by atoms with Gasteiger partial charge >= 0.3 is 11.5 Å². The maximum atomic E-state index is 12.3. The van der Waals surface area contributed by atoms with Crippen LogP contribution in [0, 0.1) is 0 Å². The summed E-state index contributed by atoms with van der Waals surface area (Å²) in [4.78, 5) is 25.8. The molecule has 1 saturated heterocycles. The van der Waals surface area contributed by atoms with Gasteiger partial charge in [-0.15, -0.1) is 0 Å². The third-order valence-electron chi connectivity index (χ3n) is 3.50. The van der Waals surface area contributed by atoms with Gasteiger partial charge < -0.3 is 15.5 Å². The summed E-state index contributed by atoms with van der Waals surface area (Å²) in [6.45, 7) is 0.303. The molecule has 0 spiro atoms. The second-order valence-corrected chi connectivity index (χ2v) is 6.39. The van der Waals surface area contributed by atoms with Crippen molar-refractivity contribution < 1.29 is 22.8 Å². The van der Waals surface area contributed by atoms with E-state index in [1.807, 2.05) is 6.07 Å². The van der Waals surface area contributed by atoms with Gasteiger partial charge in [-0.25, -0.2) is 4.79 Å². The van der Waals surface area contributed by atoms with Crippen LogP contribution >= 0.6 is 11.8 Å². The molecule has 24 heavy (non-hydrogen) atoms. The highest BCUT2D eigenvalue weighted by Gasteiger charge is 2.34. The van der Waals surface area contributed by atoms with Crippen LogP contribution in [0.1, 0.15) is 12.8 Å². The molecule has 1 aliphatic rings. The third kappa shape index (κ3) is 5.63. The zero-order chi connectivity index (χ0) is 17.6. The highest BCUT2D eigenvalue weighted by Crippen LogP contribution is 2.29. The van der Waals surface area contributed by atoms with E-state index < -0.39 is 17.6 Å². The second-order valence-electron chi connectivity index (χ2n) is 5.23. The molecule has 1 atom stereocenters. The summed E-state index contributed by atoms with van der Waals surface area (Å²) in [5.74, 6) is -0.553. The Morgan fingerprint density at radius 3 is 2.62 bits per heavy atom. The second kappa shape index (κ2) is 8.27. The van der Waals surface area contributed by atoms with Crippen LogP contribution in [0.4, 0.5) is 23.7 Å². The molecule has 132 valence electrons. The van der Waals surface area contributed by atoms with Crippen molar-refractivity contribution in [3.63, 3.8) is 0 Å². The Kier molecular flexibility index (Phi) is 6.36. The molecule has 1 aromatic rings. The fraction of sp³-hybridized carbons (Fsp3) is 0.467. The number of urea groups is 1. The molecule has 2 rings (SSSR count). The van der Waals surface area contributed by atoms with E-state index in [9.17, 15) is 22.8 Å². The van der Waals surface area contributed by atoms with Gasteiger partial charge in [0.2, 0.25) is 5.91 Å². The van der Waals surface area contributed by atoms with E-state index in [-0.39, 0.29) is 30.0 Å². The number of nitrogens with zero attached hydrogens (tertiary/aromatic N) is 1. The molecule has 2 N–H and O–H groups in total. The highest BCUT2D eigenvalue weighted by molar-refractivity contribution is 8.00. The van der Waals surface area contributed by atoms with E-state index in [2.05, 4.69) is 10.6 Å². The van der Waals surface area contributed by atoms with E-state index in [4.69, 9.17) is 0 Å². The maximum Gasteiger partial charge on any atom is 0.441 e. The van der Waals surface area contributed by atoms with E-state index >= 15 is 0 Å². The van der Waals surface area contributed by atoms with Gasteiger partial charge in [-0.1, -0.05) is 18.2 Å². The highest BCUT2D eigenvalue weighted by atomic mass is 32.2. The van der Waals surface area contributed by atoms with Gasteiger partial charge in [0, 0.05) is 24.5 Å². The summed E-state index contributed by atoms with van der Waals surface area (Å²) in [6.07, 6.45) is 1.21. The van der Waals surface area contributed by atoms with Crippen molar-refractivity contribution in [3.05, 3.63) is 30.3 Å². The Hall–Kier alpha value is -1.90. The van der Waals surface area contributed by atoms with Crippen molar-refractivity contribution in [2.45, 2.75) is 24.4 Å². The van der Waals surface area contributed by atoms with Gasteiger partial charge in [0.25, 0.3) is 0 Å². The maximum absolute atomic E-state index is 12.3.